The van der Waals surface area contributed by atoms with Gasteiger partial charge in [-0.3, -0.25) is 0 Å². The van der Waals surface area contributed by atoms with Gasteiger partial charge in [0.1, 0.15) is 0 Å². The number of unbranched alkanes of at least 4 members (excludes halogenated alkanes) is 9. The zero-order valence-electron chi connectivity index (χ0n) is 18.9. The second kappa shape index (κ2) is 16.8. The summed E-state index contributed by atoms with van der Waals surface area (Å²) in [6.07, 6.45) is 11.7. The van der Waals surface area contributed by atoms with Crippen LogP contribution in [0.2, 0.25) is 0 Å². The van der Waals surface area contributed by atoms with Gasteiger partial charge in [0.15, 0.2) is 23.3 Å². The molecule has 0 unspecified atom stereocenters. The number of hydrogen-bond acceptors (Lipinski definition) is 2. The van der Waals surface area contributed by atoms with Crippen molar-refractivity contribution in [3.63, 3.8) is 0 Å². The van der Waals surface area contributed by atoms with Gasteiger partial charge < -0.3 is 4.74 Å². The highest BCUT2D eigenvalue weighted by Crippen LogP contribution is 2.24. The minimum atomic E-state index is -2.09. The maximum atomic E-state index is 13.6. The zero-order valence-corrected chi connectivity index (χ0v) is 19.7. The Kier molecular flexibility index (Phi) is 15.3. The van der Waals surface area contributed by atoms with E-state index in [2.05, 4.69) is 13.8 Å². The fraction of sp³-hybridized carbons (Fsp3) is 0.750. The van der Waals surface area contributed by atoms with Crippen molar-refractivity contribution in [2.45, 2.75) is 97.0 Å². The second-order valence-electron chi connectivity index (χ2n) is 8.22. The quantitative estimate of drug-likeness (QED) is 0.0926. The van der Waals surface area contributed by atoms with Crippen LogP contribution in [0, 0.1) is 29.1 Å². The Morgan fingerprint density at radius 1 is 0.581 bits per heavy atom. The standard InChI is InChI=1S/C24H37F5OS/c1-18(2)30-15-13-17-31-16-12-10-8-6-4-3-5-7-9-11-14-19-20(25)22(27)24(29)23(28)21(19)26/h18H,3-17H2,1-2H3. The van der Waals surface area contributed by atoms with E-state index in [1.807, 2.05) is 11.8 Å². The van der Waals surface area contributed by atoms with Crippen LogP contribution in [-0.4, -0.2) is 24.2 Å². The highest BCUT2D eigenvalue weighted by Gasteiger charge is 2.24. The van der Waals surface area contributed by atoms with Crippen molar-refractivity contribution in [3.8, 4) is 0 Å². The van der Waals surface area contributed by atoms with E-state index < -0.39 is 34.6 Å². The Hall–Kier alpha value is -0.820. The molecule has 1 nitrogen and oxygen atoms in total. The predicted octanol–water partition coefficient (Wildman–Crippen LogP) is 8.37. The first kappa shape index (κ1) is 28.2. The Morgan fingerprint density at radius 2 is 1.00 bits per heavy atom. The number of hydrogen-bond donors (Lipinski definition) is 0. The van der Waals surface area contributed by atoms with Crippen molar-refractivity contribution >= 4 is 11.8 Å². The van der Waals surface area contributed by atoms with E-state index in [0.29, 0.717) is 12.5 Å². The molecule has 0 fully saturated rings. The van der Waals surface area contributed by atoms with E-state index in [1.165, 1.54) is 37.9 Å². The highest BCUT2D eigenvalue weighted by atomic mass is 32.2. The van der Waals surface area contributed by atoms with Crippen LogP contribution in [0.4, 0.5) is 22.0 Å². The van der Waals surface area contributed by atoms with Crippen molar-refractivity contribution in [1.82, 2.24) is 0 Å². The maximum absolute atomic E-state index is 13.6. The summed E-state index contributed by atoms with van der Waals surface area (Å²) in [6.45, 7) is 4.96. The molecule has 0 heterocycles. The third kappa shape index (κ3) is 11.6. The molecular weight excluding hydrogens is 431 g/mol. The van der Waals surface area contributed by atoms with Crippen molar-refractivity contribution in [3.05, 3.63) is 34.6 Å². The van der Waals surface area contributed by atoms with Gasteiger partial charge in [-0.2, -0.15) is 11.8 Å². The molecule has 0 atom stereocenters. The molecule has 0 aromatic heterocycles. The van der Waals surface area contributed by atoms with Gasteiger partial charge in [-0.25, -0.2) is 22.0 Å². The summed E-state index contributed by atoms with van der Waals surface area (Å²) < 4.78 is 72.1. The van der Waals surface area contributed by atoms with E-state index in [0.717, 1.165) is 44.5 Å². The van der Waals surface area contributed by atoms with E-state index in [-0.39, 0.29) is 6.42 Å². The smallest absolute Gasteiger partial charge is 0.200 e. The average molecular weight is 469 g/mol. The normalized spacial score (nSPS) is 11.6. The van der Waals surface area contributed by atoms with Crippen LogP contribution in [0.3, 0.4) is 0 Å². The molecule has 180 valence electrons. The lowest BCUT2D eigenvalue weighted by molar-refractivity contribution is 0.0800. The van der Waals surface area contributed by atoms with Crippen LogP contribution < -0.4 is 0 Å². The number of rotatable bonds is 18. The summed E-state index contributed by atoms with van der Waals surface area (Å²) in [6, 6.07) is 0. The Morgan fingerprint density at radius 3 is 1.52 bits per heavy atom. The Labute approximate surface area is 188 Å². The molecule has 1 aromatic rings. The highest BCUT2D eigenvalue weighted by molar-refractivity contribution is 7.99. The van der Waals surface area contributed by atoms with Crippen LogP contribution in [0.5, 0.6) is 0 Å². The van der Waals surface area contributed by atoms with Gasteiger partial charge in [0.25, 0.3) is 0 Å². The topological polar surface area (TPSA) is 9.23 Å². The summed E-state index contributed by atoms with van der Waals surface area (Å²) >= 11 is 2.00. The van der Waals surface area contributed by atoms with Gasteiger partial charge in [0.2, 0.25) is 5.82 Å². The van der Waals surface area contributed by atoms with Crippen molar-refractivity contribution in [1.29, 1.82) is 0 Å². The molecule has 0 spiro atoms. The zero-order chi connectivity index (χ0) is 23.1. The van der Waals surface area contributed by atoms with E-state index in [9.17, 15) is 22.0 Å². The van der Waals surface area contributed by atoms with Gasteiger partial charge in [-0.15, -0.1) is 0 Å². The van der Waals surface area contributed by atoms with Gasteiger partial charge in [-0.1, -0.05) is 51.4 Å². The summed E-state index contributed by atoms with van der Waals surface area (Å²) in [5.74, 6) is -6.83. The molecule has 0 radical (unpaired) electrons. The Balaban J connectivity index is 1.94. The number of ether oxygens (including phenoxy) is 1. The van der Waals surface area contributed by atoms with E-state index in [4.69, 9.17) is 4.74 Å². The van der Waals surface area contributed by atoms with Crippen molar-refractivity contribution < 1.29 is 26.7 Å². The van der Waals surface area contributed by atoms with Crippen LogP contribution in [0.1, 0.15) is 90.0 Å². The molecule has 0 aliphatic carbocycles. The van der Waals surface area contributed by atoms with Gasteiger partial charge in [0.05, 0.1) is 6.10 Å². The van der Waals surface area contributed by atoms with Crippen molar-refractivity contribution in [2.24, 2.45) is 0 Å². The lowest BCUT2D eigenvalue weighted by atomic mass is 10.0. The van der Waals surface area contributed by atoms with Gasteiger partial charge in [0, 0.05) is 12.2 Å². The number of benzene rings is 1. The van der Waals surface area contributed by atoms with Gasteiger partial charge in [-0.05, 0) is 51.0 Å². The first-order valence-electron chi connectivity index (χ1n) is 11.6. The molecule has 0 aliphatic heterocycles. The van der Waals surface area contributed by atoms with Crippen molar-refractivity contribution in [2.75, 3.05) is 18.1 Å². The average Bonchev–Trinajstić information content (AvgIpc) is 2.74. The van der Waals surface area contributed by atoms with Crippen LogP contribution in [-0.2, 0) is 11.2 Å². The molecular formula is C24H37F5OS. The lowest BCUT2D eigenvalue weighted by Gasteiger charge is -2.08. The molecule has 7 heteroatoms. The molecule has 0 saturated heterocycles. The molecule has 1 aromatic carbocycles. The summed E-state index contributed by atoms with van der Waals surface area (Å²) in [7, 11) is 0. The first-order chi connectivity index (χ1) is 14.9. The molecule has 0 amide bonds. The fourth-order valence-corrected chi connectivity index (χ4v) is 4.31. The monoisotopic (exact) mass is 468 g/mol. The lowest BCUT2D eigenvalue weighted by Crippen LogP contribution is -2.07. The van der Waals surface area contributed by atoms with Crippen LogP contribution in [0.15, 0.2) is 0 Å². The van der Waals surface area contributed by atoms with E-state index in [1.54, 1.807) is 0 Å². The first-order valence-corrected chi connectivity index (χ1v) is 12.7. The molecule has 0 bridgehead atoms. The van der Waals surface area contributed by atoms with E-state index >= 15 is 0 Å². The van der Waals surface area contributed by atoms with Gasteiger partial charge >= 0.3 is 0 Å². The summed E-state index contributed by atoms with van der Waals surface area (Å²) in [4.78, 5) is 0. The van der Waals surface area contributed by atoms with Crippen LogP contribution >= 0.6 is 11.8 Å². The SMILES string of the molecule is CC(C)OCCCSCCCCCCCCCCCCc1c(F)c(F)c(F)c(F)c1F. The summed E-state index contributed by atoms with van der Waals surface area (Å²) in [5.41, 5.74) is -0.696. The predicted molar refractivity (Wildman–Crippen MR) is 119 cm³/mol. The van der Waals surface area contributed by atoms with Crippen LogP contribution in [0.25, 0.3) is 0 Å². The molecule has 0 aliphatic rings. The third-order valence-corrected chi connectivity index (χ3v) is 6.31. The Bertz CT molecular complexity index is 595. The molecule has 0 saturated carbocycles. The molecule has 31 heavy (non-hydrogen) atoms. The second-order valence-corrected chi connectivity index (χ2v) is 9.44. The maximum Gasteiger partial charge on any atom is 0.200 e. The largest absolute Gasteiger partial charge is 0.379 e. The summed E-state index contributed by atoms with van der Waals surface area (Å²) in [5, 5.41) is 0. The number of halogens is 5. The molecule has 1 rings (SSSR count). The minimum absolute atomic E-state index is 0.130. The third-order valence-electron chi connectivity index (χ3n) is 5.15. The minimum Gasteiger partial charge on any atom is -0.379 e. The number of thioether (sulfide) groups is 1. The fourth-order valence-electron chi connectivity index (χ4n) is 3.37. The molecule has 0 N–H and O–H groups in total.